The van der Waals surface area contributed by atoms with Gasteiger partial charge in [0.15, 0.2) is 0 Å². The Balaban J connectivity index is 2.35. The molecule has 1 saturated carbocycles. The third-order valence-corrected chi connectivity index (χ3v) is 5.24. The summed E-state index contributed by atoms with van der Waals surface area (Å²) >= 11 is 0. The Morgan fingerprint density at radius 1 is 1.30 bits per heavy atom. The number of hydrogen-bond acceptors (Lipinski definition) is 4. The Morgan fingerprint density at radius 2 is 2.00 bits per heavy atom. The number of hydrogen-bond donors (Lipinski definition) is 2. The first kappa shape index (κ1) is 15.3. The fourth-order valence-corrected chi connectivity index (χ4v) is 3.49. The zero-order valence-electron chi connectivity index (χ0n) is 13.5. The molecule has 0 bridgehead atoms. The monoisotopic (exact) mass is 279 g/mol. The quantitative estimate of drug-likeness (QED) is 0.889. The zero-order chi connectivity index (χ0) is 14.9. The maximum absolute atomic E-state index is 6.26. The van der Waals surface area contributed by atoms with Gasteiger partial charge in [-0.15, -0.1) is 10.2 Å². The van der Waals surface area contributed by atoms with Gasteiger partial charge in [-0.25, -0.2) is 0 Å². The Hall–Kier alpha value is -1.10. The Bertz CT molecular complexity index is 451. The van der Waals surface area contributed by atoms with Crippen molar-refractivity contribution in [3.63, 3.8) is 0 Å². The zero-order valence-corrected chi connectivity index (χ0v) is 13.5. The minimum absolute atomic E-state index is 0.154. The van der Waals surface area contributed by atoms with E-state index in [-0.39, 0.29) is 5.41 Å². The molecular weight excluding hydrogens is 250 g/mol. The minimum Gasteiger partial charge on any atom is -0.355 e. The molecule has 3 N–H and O–H groups in total. The van der Waals surface area contributed by atoms with Gasteiger partial charge in [-0.3, -0.25) is 4.57 Å². The smallest absolute Gasteiger partial charge is 0.224 e. The second-order valence-corrected chi connectivity index (χ2v) is 6.56. The molecule has 114 valence electrons. The summed E-state index contributed by atoms with van der Waals surface area (Å²) in [7, 11) is 0. The van der Waals surface area contributed by atoms with Crippen LogP contribution in [0.5, 0.6) is 0 Å². The van der Waals surface area contributed by atoms with Crippen LogP contribution in [0.4, 0.5) is 5.95 Å². The van der Waals surface area contributed by atoms with Crippen LogP contribution >= 0.6 is 0 Å². The van der Waals surface area contributed by atoms with E-state index in [1.165, 1.54) is 0 Å². The van der Waals surface area contributed by atoms with Crippen molar-refractivity contribution < 1.29 is 0 Å². The summed E-state index contributed by atoms with van der Waals surface area (Å²) in [5.74, 6) is 2.93. The number of nitrogens with one attached hydrogen (secondary N) is 1. The van der Waals surface area contributed by atoms with Crippen LogP contribution in [-0.2, 0) is 6.54 Å². The van der Waals surface area contributed by atoms with Crippen molar-refractivity contribution in [2.45, 2.75) is 66.0 Å². The minimum atomic E-state index is 0.154. The number of anilines is 1. The van der Waals surface area contributed by atoms with Gasteiger partial charge in [0.25, 0.3) is 0 Å². The van der Waals surface area contributed by atoms with Gasteiger partial charge >= 0.3 is 0 Å². The fourth-order valence-electron chi connectivity index (χ4n) is 3.49. The second kappa shape index (κ2) is 5.72. The molecule has 1 heterocycles. The Morgan fingerprint density at radius 3 is 2.60 bits per heavy atom. The molecule has 20 heavy (non-hydrogen) atoms. The van der Waals surface area contributed by atoms with Crippen molar-refractivity contribution in [3.8, 4) is 0 Å². The largest absolute Gasteiger partial charge is 0.355 e. The summed E-state index contributed by atoms with van der Waals surface area (Å²) in [6, 6.07) is 0.299. The lowest BCUT2D eigenvalue weighted by Crippen LogP contribution is -2.46. The summed E-state index contributed by atoms with van der Waals surface area (Å²) in [5, 5.41) is 12.1. The van der Waals surface area contributed by atoms with E-state index in [9.17, 15) is 0 Å². The third kappa shape index (κ3) is 2.43. The van der Waals surface area contributed by atoms with Gasteiger partial charge in [0.2, 0.25) is 5.95 Å². The highest BCUT2D eigenvalue weighted by Crippen LogP contribution is 2.49. The number of rotatable bonds is 4. The van der Waals surface area contributed by atoms with Gasteiger partial charge in [-0.05, 0) is 38.0 Å². The summed E-state index contributed by atoms with van der Waals surface area (Å²) in [6.45, 7) is 12.9. The maximum atomic E-state index is 6.26. The number of aromatic nitrogens is 3. The van der Waals surface area contributed by atoms with Crippen LogP contribution in [0.2, 0.25) is 0 Å². The molecule has 1 aliphatic carbocycles. The van der Waals surface area contributed by atoms with Crippen LogP contribution in [0.15, 0.2) is 0 Å². The molecule has 2 rings (SSSR count). The molecule has 0 radical (unpaired) electrons. The van der Waals surface area contributed by atoms with Crippen LogP contribution in [0.25, 0.3) is 0 Å². The Kier molecular flexibility index (Phi) is 4.37. The highest BCUT2D eigenvalue weighted by atomic mass is 15.4. The Labute approximate surface area is 122 Å². The van der Waals surface area contributed by atoms with Gasteiger partial charge in [-0.1, -0.05) is 20.8 Å². The van der Waals surface area contributed by atoms with Crippen LogP contribution in [0, 0.1) is 11.3 Å². The molecule has 0 aromatic carbocycles. The van der Waals surface area contributed by atoms with Crippen molar-refractivity contribution in [1.82, 2.24) is 14.8 Å². The highest BCUT2D eigenvalue weighted by Gasteiger charge is 2.44. The third-order valence-electron chi connectivity index (χ3n) is 5.24. The molecule has 3 unspecified atom stereocenters. The van der Waals surface area contributed by atoms with Gasteiger partial charge in [0.1, 0.15) is 5.82 Å². The number of nitrogens with two attached hydrogens (primary N) is 1. The predicted octanol–water partition coefficient (Wildman–Crippen LogP) is 2.60. The van der Waals surface area contributed by atoms with E-state index in [1.807, 2.05) is 0 Å². The van der Waals surface area contributed by atoms with E-state index in [4.69, 9.17) is 5.73 Å². The first-order valence-corrected chi connectivity index (χ1v) is 7.85. The topological polar surface area (TPSA) is 68.8 Å². The van der Waals surface area contributed by atoms with Crippen molar-refractivity contribution in [1.29, 1.82) is 0 Å². The fraction of sp³-hybridized carbons (Fsp3) is 0.867. The number of nitrogens with zero attached hydrogens (tertiary/aromatic N) is 3. The molecule has 0 aliphatic heterocycles. The average molecular weight is 279 g/mol. The van der Waals surface area contributed by atoms with Crippen LogP contribution < -0.4 is 11.1 Å². The van der Waals surface area contributed by atoms with Crippen LogP contribution in [0.3, 0.4) is 0 Å². The molecule has 0 saturated heterocycles. The van der Waals surface area contributed by atoms with Gasteiger partial charge < -0.3 is 11.1 Å². The lowest BCUT2D eigenvalue weighted by molar-refractivity contribution is 0.0928. The van der Waals surface area contributed by atoms with E-state index in [1.54, 1.807) is 0 Å². The van der Waals surface area contributed by atoms with E-state index in [2.05, 4.69) is 54.7 Å². The average Bonchev–Trinajstić information content (AvgIpc) is 2.79. The summed E-state index contributed by atoms with van der Waals surface area (Å²) in [4.78, 5) is 0. The normalized spacial score (nSPS) is 29.4. The van der Waals surface area contributed by atoms with Crippen molar-refractivity contribution in [2.75, 3.05) is 11.9 Å². The lowest BCUT2D eigenvalue weighted by atomic mass is 9.61. The first-order chi connectivity index (χ1) is 9.43. The molecule has 1 fully saturated rings. The second-order valence-electron chi connectivity index (χ2n) is 6.56. The van der Waals surface area contributed by atoms with E-state index in [0.29, 0.717) is 17.9 Å². The standard InChI is InChI=1S/C15H29N5/c1-6-17-14-19-18-13(20(14)7-2)11-8-9-12(16)10(3)15(11,4)5/h10-12H,6-9,16H2,1-5H3,(H,17,19). The lowest BCUT2D eigenvalue weighted by Gasteiger charge is -2.46. The van der Waals surface area contributed by atoms with Gasteiger partial charge in [0, 0.05) is 25.0 Å². The van der Waals surface area contributed by atoms with Gasteiger partial charge in [0.05, 0.1) is 0 Å². The predicted molar refractivity (Wildman–Crippen MR) is 82.8 cm³/mol. The molecule has 0 spiro atoms. The molecule has 0 amide bonds. The maximum Gasteiger partial charge on any atom is 0.224 e. The van der Waals surface area contributed by atoms with E-state index >= 15 is 0 Å². The summed E-state index contributed by atoms with van der Waals surface area (Å²) < 4.78 is 2.22. The van der Waals surface area contributed by atoms with Crippen molar-refractivity contribution in [2.24, 2.45) is 17.1 Å². The highest BCUT2D eigenvalue weighted by molar-refractivity contribution is 5.27. The molecular formula is C15H29N5. The molecule has 3 atom stereocenters. The SMILES string of the molecule is CCNc1nnc(C2CCC(N)C(C)C2(C)C)n1CC. The van der Waals surface area contributed by atoms with Gasteiger partial charge in [-0.2, -0.15) is 0 Å². The molecule has 1 aromatic heterocycles. The van der Waals surface area contributed by atoms with E-state index in [0.717, 1.165) is 37.7 Å². The summed E-state index contributed by atoms with van der Waals surface area (Å²) in [5.41, 5.74) is 6.42. The molecule has 1 aromatic rings. The summed E-state index contributed by atoms with van der Waals surface area (Å²) in [6.07, 6.45) is 2.17. The van der Waals surface area contributed by atoms with E-state index < -0.39 is 0 Å². The van der Waals surface area contributed by atoms with Crippen LogP contribution in [-0.4, -0.2) is 27.4 Å². The first-order valence-electron chi connectivity index (χ1n) is 7.85. The van der Waals surface area contributed by atoms with Crippen LogP contribution in [0.1, 0.15) is 59.2 Å². The molecule has 1 aliphatic rings. The van der Waals surface area contributed by atoms with Crippen molar-refractivity contribution in [3.05, 3.63) is 5.82 Å². The molecule has 5 heteroatoms. The van der Waals surface area contributed by atoms with Crippen molar-refractivity contribution >= 4 is 5.95 Å². The molecule has 5 nitrogen and oxygen atoms in total.